The molecule has 1 aromatic carbocycles. The fourth-order valence-electron chi connectivity index (χ4n) is 4.06. The molecular formula is C20H31N3O3. The molecule has 3 atom stereocenters. The fourth-order valence-corrected chi connectivity index (χ4v) is 4.06. The van der Waals surface area contributed by atoms with Gasteiger partial charge in [-0.2, -0.15) is 0 Å². The first-order valence-corrected chi connectivity index (χ1v) is 9.60. The number of nitrogens with zero attached hydrogens (tertiary/aromatic N) is 1. The number of ether oxygens (including phenoxy) is 2. The number of carbonyl (C=O) groups excluding carboxylic acids is 1. The number of hydrogen-bond acceptors (Lipinski definition) is 5. The minimum Gasteiger partial charge on any atom is -0.497 e. The van der Waals surface area contributed by atoms with Gasteiger partial charge >= 0.3 is 0 Å². The second kappa shape index (κ2) is 8.62. The quantitative estimate of drug-likeness (QED) is 0.812. The molecule has 1 aliphatic carbocycles. The van der Waals surface area contributed by atoms with Crippen LogP contribution in [0, 0.1) is 11.8 Å². The lowest BCUT2D eigenvalue weighted by atomic mass is 9.85. The maximum atomic E-state index is 12.4. The molecule has 0 aromatic heterocycles. The number of methoxy groups -OCH3 is 2. The van der Waals surface area contributed by atoms with Gasteiger partial charge in [0.25, 0.3) is 0 Å². The number of nitrogens with one attached hydrogen (secondary N) is 1. The number of nitrogens with two attached hydrogens (primary N) is 1. The molecule has 0 spiro atoms. The van der Waals surface area contributed by atoms with Crippen LogP contribution in [0.2, 0.25) is 0 Å². The molecule has 2 aliphatic rings. The van der Waals surface area contributed by atoms with Crippen LogP contribution in [-0.4, -0.2) is 45.8 Å². The maximum absolute atomic E-state index is 12.4. The number of benzene rings is 1. The second-order valence-corrected chi connectivity index (χ2v) is 7.54. The average molecular weight is 361 g/mol. The van der Waals surface area contributed by atoms with E-state index in [0.717, 1.165) is 68.9 Å². The first-order valence-electron chi connectivity index (χ1n) is 9.60. The van der Waals surface area contributed by atoms with Crippen LogP contribution in [0.3, 0.4) is 0 Å². The van der Waals surface area contributed by atoms with Gasteiger partial charge in [-0.15, -0.1) is 0 Å². The van der Waals surface area contributed by atoms with Crippen LogP contribution in [0.4, 0.5) is 5.69 Å². The smallest absolute Gasteiger partial charge is 0.223 e. The molecule has 1 saturated carbocycles. The topological polar surface area (TPSA) is 76.8 Å². The summed E-state index contributed by atoms with van der Waals surface area (Å²) in [6.07, 6.45) is 4.98. The number of carbonyl (C=O) groups is 1. The van der Waals surface area contributed by atoms with E-state index in [0.29, 0.717) is 5.92 Å². The number of rotatable bonds is 6. The van der Waals surface area contributed by atoms with Crippen molar-refractivity contribution in [3.8, 4) is 11.5 Å². The molecule has 1 aromatic rings. The molecule has 144 valence electrons. The van der Waals surface area contributed by atoms with E-state index in [1.807, 2.05) is 18.2 Å². The van der Waals surface area contributed by atoms with Crippen molar-refractivity contribution in [3.63, 3.8) is 0 Å². The Hall–Kier alpha value is -1.95. The van der Waals surface area contributed by atoms with Gasteiger partial charge in [0, 0.05) is 55.5 Å². The van der Waals surface area contributed by atoms with Gasteiger partial charge < -0.3 is 25.4 Å². The number of amides is 1. The summed E-state index contributed by atoms with van der Waals surface area (Å²) in [5.74, 6) is 2.34. The zero-order valence-corrected chi connectivity index (χ0v) is 15.9. The van der Waals surface area contributed by atoms with Gasteiger partial charge in [0.2, 0.25) is 5.91 Å². The molecule has 26 heavy (non-hydrogen) atoms. The van der Waals surface area contributed by atoms with Crippen molar-refractivity contribution in [2.75, 3.05) is 38.8 Å². The zero-order valence-electron chi connectivity index (χ0n) is 15.9. The maximum Gasteiger partial charge on any atom is 0.223 e. The third-order valence-corrected chi connectivity index (χ3v) is 5.64. The van der Waals surface area contributed by atoms with Crippen molar-refractivity contribution in [2.24, 2.45) is 17.6 Å². The van der Waals surface area contributed by atoms with Crippen molar-refractivity contribution in [3.05, 3.63) is 18.2 Å². The molecule has 0 radical (unpaired) electrons. The van der Waals surface area contributed by atoms with Gasteiger partial charge in [-0.1, -0.05) is 6.42 Å². The van der Waals surface area contributed by atoms with E-state index < -0.39 is 0 Å². The Morgan fingerprint density at radius 1 is 1.19 bits per heavy atom. The molecular weight excluding hydrogens is 330 g/mol. The van der Waals surface area contributed by atoms with Crippen molar-refractivity contribution in [1.82, 2.24) is 5.32 Å². The predicted molar refractivity (Wildman–Crippen MR) is 103 cm³/mol. The van der Waals surface area contributed by atoms with E-state index in [9.17, 15) is 4.79 Å². The summed E-state index contributed by atoms with van der Waals surface area (Å²) in [5.41, 5.74) is 7.11. The van der Waals surface area contributed by atoms with Crippen LogP contribution in [0.1, 0.15) is 32.1 Å². The van der Waals surface area contributed by atoms with Crippen molar-refractivity contribution in [1.29, 1.82) is 0 Å². The molecule has 1 aliphatic heterocycles. The Morgan fingerprint density at radius 3 is 2.58 bits per heavy atom. The van der Waals surface area contributed by atoms with Gasteiger partial charge in [0.05, 0.1) is 14.2 Å². The van der Waals surface area contributed by atoms with Crippen LogP contribution in [0.25, 0.3) is 0 Å². The number of hydrogen-bond donors (Lipinski definition) is 2. The summed E-state index contributed by atoms with van der Waals surface area (Å²) in [6.45, 7) is 2.65. The van der Waals surface area contributed by atoms with Gasteiger partial charge in [-0.05, 0) is 31.6 Å². The molecule has 0 bridgehead atoms. The van der Waals surface area contributed by atoms with Gasteiger partial charge in [0.1, 0.15) is 11.5 Å². The summed E-state index contributed by atoms with van der Waals surface area (Å²) in [5, 5.41) is 3.16. The van der Waals surface area contributed by atoms with Crippen LogP contribution >= 0.6 is 0 Å². The van der Waals surface area contributed by atoms with E-state index in [2.05, 4.69) is 10.2 Å². The lowest BCUT2D eigenvalue weighted by Crippen LogP contribution is -2.39. The molecule has 6 heteroatoms. The summed E-state index contributed by atoms with van der Waals surface area (Å²) >= 11 is 0. The Bertz CT molecular complexity index is 600. The van der Waals surface area contributed by atoms with E-state index >= 15 is 0 Å². The third kappa shape index (κ3) is 4.61. The van der Waals surface area contributed by atoms with Crippen molar-refractivity contribution >= 4 is 11.6 Å². The normalized spacial score (nSPS) is 25.8. The molecule has 1 saturated heterocycles. The van der Waals surface area contributed by atoms with Crippen LogP contribution in [0.15, 0.2) is 18.2 Å². The standard InChI is InChI=1S/C20H31N3O3/c1-25-18-9-17(10-19(11-18)26-2)23-7-6-14(13-23)12-22-20(24)15-4-3-5-16(21)8-15/h9-11,14-16H,3-8,12-13,21H2,1-2H3,(H,22,24). The first-order chi connectivity index (χ1) is 12.6. The second-order valence-electron chi connectivity index (χ2n) is 7.54. The highest BCUT2D eigenvalue weighted by atomic mass is 16.5. The molecule has 1 amide bonds. The Balaban J connectivity index is 1.52. The van der Waals surface area contributed by atoms with E-state index in [-0.39, 0.29) is 17.9 Å². The minimum absolute atomic E-state index is 0.0962. The van der Waals surface area contributed by atoms with Crippen molar-refractivity contribution in [2.45, 2.75) is 38.1 Å². The monoisotopic (exact) mass is 361 g/mol. The summed E-state index contributed by atoms with van der Waals surface area (Å²) < 4.78 is 10.7. The molecule has 3 unspecified atom stereocenters. The lowest BCUT2D eigenvalue weighted by Gasteiger charge is -2.26. The minimum atomic E-state index is 0.0962. The molecule has 3 rings (SSSR count). The summed E-state index contributed by atoms with van der Waals surface area (Å²) in [7, 11) is 3.33. The van der Waals surface area contributed by atoms with Gasteiger partial charge in [0.15, 0.2) is 0 Å². The lowest BCUT2D eigenvalue weighted by molar-refractivity contribution is -0.126. The van der Waals surface area contributed by atoms with Crippen LogP contribution in [0.5, 0.6) is 11.5 Å². The summed E-state index contributed by atoms with van der Waals surface area (Å²) in [6, 6.07) is 6.14. The van der Waals surface area contributed by atoms with Gasteiger partial charge in [-0.3, -0.25) is 4.79 Å². The molecule has 1 heterocycles. The van der Waals surface area contributed by atoms with E-state index in [1.54, 1.807) is 14.2 Å². The first kappa shape index (κ1) is 18.8. The van der Waals surface area contributed by atoms with Crippen molar-refractivity contribution < 1.29 is 14.3 Å². The largest absolute Gasteiger partial charge is 0.497 e. The predicted octanol–water partition coefficient (Wildman–Crippen LogP) is 2.16. The van der Waals surface area contributed by atoms with E-state index in [1.165, 1.54) is 0 Å². The van der Waals surface area contributed by atoms with E-state index in [4.69, 9.17) is 15.2 Å². The Morgan fingerprint density at radius 2 is 1.92 bits per heavy atom. The molecule has 2 fully saturated rings. The zero-order chi connectivity index (χ0) is 18.5. The van der Waals surface area contributed by atoms with Crippen LogP contribution in [-0.2, 0) is 4.79 Å². The fraction of sp³-hybridized carbons (Fsp3) is 0.650. The highest BCUT2D eigenvalue weighted by Gasteiger charge is 2.28. The average Bonchev–Trinajstić information content (AvgIpc) is 3.14. The van der Waals surface area contributed by atoms with Crippen LogP contribution < -0.4 is 25.4 Å². The summed E-state index contributed by atoms with van der Waals surface area (Å²) in [4.78, 5) is 14.7. The molecule has 3 N–H and O–H groups in total. The molecule has 6 nitrogen and oxygen atoms in total. The number of anilines is 1. The highest BCUT2D eigenvalue weighted by Crippen LogP contribution is 2.31. The SMILES string of the molecule is COc1cc(OC)cc(N2CCC(CNC(=O)C3CCCC(N)C3)C2)c1. The Kier molecular flexibility index (Phi) is 6.25. The highest BCUT2D eigenvalue weighted by molar-refractivity contribution is 5.78. The Labute approximate surface area is 156 Å². The third-order valence-electron chi connectivity index (χ3n) is 5.64. The van der Waals surface area contributed by atoms with Gasteiger partial charge in [-0.25, -0.2) is 0 Å².